The van der Waals surface area contributed by atoms with E-state index in [1.54, 1.807) is 42.2 Å². The molecule has 2 aromatic rings. The van der Waals surface area contributed by atoms with Crippen LogP contribution >= 0.6 is 0 Å². The van der Waals surface area contributed by atoms with Gasteiger partial charge in [-0.15, -0.1) is 0 Å². The fourth-order valence-electron chi connectivity index (χ4n) is 6.23. The molecule has 0 radical (unpaired) electrons. The van der Waals surface area contributed by atoms with E-state index < -0.39 is 11.9 Å². The van der Waals surface area contributed by atoms with Gasteiger partial charge in [-0.2, -0.15) is 0 Å². The molecule has 3 amide bonds. The van der Waals surface area contributed by atoms with Gasteiger partial charge in [-0.25, -0.2) is 4.90 Å². The van der Waals surface area contributed by atoms with Crippen LogP contribution in [0.5, 0.6) is 11.5 Å². The third-order valence-corrected chi connectivity index (χ3v) is 7.93. The van der Waals surface area contributed by atoms with Crippen LogP contribution in [0, 0.1) is 36.5 Å². The van der Waals surface area contributed by atoms with Crippen LogP contribution in [0.1, 0.15) is 18.4 Å². The molecule has 184 valence electrons. The zero-order valence-electron chi connectivity index (χ0n) is 20.0. The third-order valence-electron chi connectivity index (χ3n) is 7.93. The molecule has 8 nitrogen and oxygen atoms in total. The second kappa shape index (κ2) is 8.33. The van der Waals surface area contributed by atoms with Gasteiger partial charge in [-0.05, 0) is 61.1 Å². The number of allylic oxidation sites excluding steroid dienone is 2. The second-order valence-electron chi connectivity index (χ2n) is 9.96. The van der Waals surface area contributed by atoms with Crippen molar-refractivity contribution < 1.29 is 28.7 Å². The number of carbonyl (C=O) groups excluding carboxylic acids is 4. The van der Waals surface area contributed by atoms with Gasteiger partial charge in [0.15, 0.2) is 0 Å². The number of benzene rings is 2. The first-order valence-electron chi connectivity index (χ1n) is 12.2. The Labute approximate surface area is 208 Å². The predicted molar refractivity (Wildman–Crippen MR) is 130 cm³/mol. The van der Waals surface area contributed by atoms with Crippen molar-refractivity contribution >= 4 is 35.1 Å². The molecule has 0 unspecified atom stereocenters. The van der Waals surface area contributed by atoms with Crippen LogP contribution in [0.25, 0.3) is 0 Å². The fraction of sp³-hybridized carbons (Fsp3) is 0.357. The molecule has 8 heteroatoms. The van der Waals surface area contributed by atoms with Crippen LogP contribution in [-0.4, -0.2) is 37.3 Å². The number of amides is 3. The summed E-state index contributed by atoms with van der Waals surface area (Å²) in [5.74, 6) is -0.955. The van der Waals surface area contributed by atoms with E-state index in [4.69, 9.17) is 9.47 Å². The molecule has 0 spiro atoms. The molecule has 1 saturated carbocycles. The van der Waals surface area contributed by atoms with E-state index in [1.165, 1.54) is 12.0 Å². The molecular weight excluding hydrogens is 460 g/mol. The Balaban J connectivity index is 1.16. The van der Waals surface area contributed by atoms with E-state index in [0.29, 0.717) is 28.4 Å². The summed E-state index contributed by atoms with van der Waals surface area (Å²) in [6, 6.07) is 12.1. The Morgan fingerprint density at radius 2 is 1.64 bits per heavy atom. The molecule has 0 N–H and O–H groups in total. The van der Waals surface area contributed by atoms with E-state index in [9.17, 15) is 19.2 Å². The SMILES string of the molecule is COc1ccccc1N1C[C@H](C(=O)Oc2ccc(N3C(=O)[C@H]4[C@H](C3=O)[C@H]3C=C[C@H]4C3)c(C)c2)CC1=O. The number of hydrogen-bond acceptors (Lipinski definition) is 6. The van der Waals surface area contributed by atoms with E-state index in [-0.39, 0.29) is 54.4 Å². The molecule has 4 aliphatic rings. The third kappa shape index (κ3) is 3.35. The summed E-state index contributed by atoms with van der Waals surface area (Å²) in [4.78, 5) is 54.7. The lowest BCUT2D eigenvalue weighted by molar-refractivity contribution is -0.139. The quantitative estimate of drug-likeness (QED) is 0.279. The van der Waals surface area contributed by atoms with Gasteiger partial charge in [0.1, 0.15) is 11.5 Å². The molecule has 36 heavy (non-hydrogen) atoms. The van der Waals surface area contributed by atoms with Gasteiger partial charge in [0.25, 0.3) is 0 Å². The normalized spacial score (nSPS) is 28.3. The second-order valence-corrected chi connectivity index (χ2v) is 9.96. The zero-order valence-corrected chi connectivity index (χ0v) is 20.0. The number of aryl methyl sites for hydroxylation is 1. The van der Waals surface area contributed by atoms with Crippen molar-refractivity contribution in [2.75, 3.05) is 23.5 Å². The molecule has 2 saturated heterocycles. The number of hydrogen-bond donors (Lipinski definition) is 0. The fourth-order valence-corrected chi connectivity index (χ4v) is 6.23. The molecule has 2 bridgehead atoms. The molecular formula is C28H26N2O6. The lowest BCUT2D eigenvalue weighted by Crippen LogP contribution is -2.33. The van der Waals surface area contributed by atoms with Crippen molar-refractivity contribution in [2.24, 2.45) is 29.6 Å². The number of methoxy groups -OCH3 is 1. The van der Waals surface area contributed by atoms with Crippen LogP contribution < -0.4 is 19.3 Å². The molecule has 2 aromatic carbocycles. The summed E-state index contributed by atoms with van der Waals surface area (Å²) in [5, 5.41) is 0. The summed E-state index contributed by atoms with van der Waals surface area (Å²) in [6.45, 7) is 1.99. The van der Waals surface area contributed by atoms with Crippen LogP contribution in [0.4, 0.5) is 11.4 Å². The van der Waals surface area contributed by atoms with Crippen LogP contribution in [-0.2, 0) is 19.2 Å². The predicted octanol–water partition coefficient (Wildman–Crippen LogP) is 3.27. The van der Waals surface area contributed by atoms with Crippen molar-refractivity contribution in [2.45, 2.75) is 19.8 Å². The Kier molecular flexibility index (Phi) is 5.21. The van der Waals surface area contributed by atoms with Gasteiger partial charge in [-0.3, -0.25) is 19.2 Å². The maximum Gasteiger partial charge on any atom is 0.316 e. The Morgan fingerprint density at radius 1 is 0.944 bits per heavy atom. The van der Waals surface area contributed by atoms with E-state index >= 15 is 0 Å². The first-order chi connectivity index (χ1) is 17.4. The van der Waals surface area contributed by atoms with Gasteiger partial charge >= 0.3 is 5.97 Å². The number of anilines is 2. The Bertz CT molecular complexity index is 1300. The maximum absolute atomic E-state index is 13.1. The summed E-state index contributed by atoms with van der Waals surface area (Å²) < 4.78 is 11.0. The molecule has 6 rings (SSSR count). The maximum atomic E-state index is 13.1. The largest absolute Gasteiger partial charge is 0.495 e. The average molecular weight is 487 g/mol. The van der Waals surface area contributed by atoms with Crippen molar-refractivity contribution in [3.63, 3.8) is 0 Å². The number of nitrogens with zero attached hydrogens (tertiary/aromatic N) is 2. The van der Waals surface area contributed by atoms with Crippen molar-refractivity contribution in [1.29, 1.82) is 0 Å². The minimum Gasteiger partial charge on any atom is -0.495 e. The number of para-hydroxylation sites is 2. The summed E-state index contributed by atoms with van der Waals surface area (Å²) in [6.07, 6.45) is 5.06. The Hall–Kier alpha value is -3.94. The number of ether oxygens (including phenoxy) is 2. The van der Waals surface area contributed by atoms with Gasteiger partial charge in [-0.1, -0.05) is 24.3 Å². The molecule has 2 aliphatic carbocycles. The summed E-state index contributed by atoms with van der Waals surface area (Å²) in [5.41, 5.74) is 1.81. The van der Waals surface area contributed by atoms with Gasteiger partial charge in [0.05, 0.1) is 36.2 Å². The lowest BCUT2D eigenvalue weighted by atomic mass is 9.85. The number of carbonyl (C=O) groups is 4. The molecule has 2 aliphatic heterocycles. The van der Waals surface area contributed by atoms with E-state index in [0.717, 1.165) is 6.42 Å². The number of rotatable bonds is 5. The number of imide groups is 1. The van der Waals surface area contributed by atoms with Gasteiger partial charge in [0.2, 0.25) is 17.7 Å². The highest BCUT2D eigenvalue weighted by Crippen LogP contribution is 2.53. The van der Waals surface area contributed by atoms with Crippen molar-refractivity contribution in [1.82, 2.24) is 0 Å². The first-order valence-corrected chi connectivity index (χ1v) is 12.2. The zero-order chi connectivity index (χ0) is 25.1. The smallest absolute Gasteiger partial charge is 0.316 e. The van der Waals surface area contributed by atoms with Gasteiger partial charge < -0.3 is 14.4 Å². The van der Waals surface area contributed by atoms with Crippen LogP contribution in [0.15, 0.2) is 54.6 Å². The lowest BCUT2D eigenvalue weighted by Gasteiger charge is -2.20. The van der Waals surface area contributed by atoms with Gasteiger partial charge in [0, 0.05) is 13.0 Å². The summed E-state index contributed by atoms with van der Waals surface area (Å²) >= 11 is 0. The minimum absolute atomic E-state index is 0.0455. The molecule has 5 atom stereocenters. The number of esters is 1. The van der Waals surface area contributed by atoms with Crippen molar-refractivity contribution in [3.8, 4) is 11.5 Å². The van der Waals surface area contributed by atoms with Crippen molar-refractivity contribution in [3.05, 3.63) is 60.2 Å². The van der Waals surface area contributed by atoms with Crippen LogP contribution in [0.2, 0.25) is 0 Å². The standard InChI is InChI=1S/C28H26N2O6/c1-15-11-19(9-10-20(15)30-26(32)24-16-7-8-17(12-16)25(24)27(30)33)36-28(34)18-13-23(31)29(14-18)21-5-3-4-6-22(21)35-2/h3-11,16-18,24-25H,12-14H2,1-2H3/t16-,17-,18+,24+,25+/m0/s1. The minimum atomic E-state index is -0.619. The topological polar surface area (TPSA) is 93.2 Å². The highest BCUT2D eigenvalue weighted by atomic mass is 16.5. The highest BCUT2D eigenvalue weighted by Gasteiger charge is 2.59. The van der Waals surface area contributed by atoms with E-state index in [2.05, 4.69) is 12.2 Å². The Morgan fingerprint density at radius 3 is 2.31 bits per heavy atom. The molecule has 3 fully saturated rings. The average Bonchev–Trinajstić information content (AvgIpc) is 3.63. The first kappa shape index (κ1) is 22.5. The monoisotopic (exact) mass is 486 g/mol. The molecule has 2 heterocycles. The summed E-state index contributed by atoms with van der Waals surface area (Å²) in [7, 11) is 1.54. The highest BCUT2D eigenvalue weighted by molar-refractivity contribution is 6.23. The van der Waals surface area contributed by atoms with E-state index in [1.807, 2.05) is 12.1 Å². The van der Waals surface area contributed by atoms with Crippen LogP contribution in [0.3, 0.4) is 0 Å². The number of fused-ring (bicyclic) bond motifs is 5. The molecule has 0 aromatic heterocycles.